The van der Waals surface area contributed by atoms with E-state index in [4.69, 9.17) is 4.74 Å². The summed E-state index contributed by atoms with van der Waals surface area (Å²) in [5.41, 5.74) is 2.51. The average Bonchev–Trinajstić information content (AvgIpc) is 2.77. The van der Waals surface area contributed by atoms with Crippen molar-refractivity contribution in [3.05, 3.63) is 29.8 Å². The van der Waals surface area contributed by atoms with E-state index in [1.165, 1.54) is 11.3 Å². The number of amides is 1. The van der Waals surface area contributed by atoms with Crippen molar-refractivity contribution in [2.75, 3.05) is 45.8 Å². The minimum Gasteiger partial charge on any atom is -0.383 e. The summed E-state index contributed by atoms with van der Waals surface area (Å²) in [4.78, 5) is 15.9. The number of carbonyl (C=O) groups excluding carboxylic acids is 1. The third-order valence-corrected chi connectivity index (χ3v) is 3.84. The van der Waals surface area contributed by atoms with Gasteiger partial charge in [0, 0.05) is 46.4 Å². The van der Waals surface area contributed by atoms with E-state index in [9.17, 15) is 4.79 Å². The topological polar surface area (TPSA) is 32.8 Å². The highest BCUT2D eigenvalue weighted by Gasteiger charge is 2.28. The van der Waals surface area contributed by atoms with Crippen molar-refractivity contribution < 1.29 is 9.53 Å². The second-order valence-electron chi connectivity index (χ2n) is 5.67. The Kier molecular flexibility index (Phi) is 5.01. The van der Waals surface area contributed by atoms with Gasteiger partial charge in [-0.1, -0.05) is 12.1 Å². The van der Waals surface area contributed by atoms with Gasteiger partial charge >= 0.3 is 0 Å². The molecule has 1 atom stereocenters. The molecule has 1 amide bonds. The van der Waals surface area contributed by atoms with Gasteiger partial charge in [-0.2, -0.15) is 0 Å². The van der Waals surface area contributed by atoms with Crippen molar-refractivity contribution in [3.63, 3.8) is 0 Å². The number of likely N-dealkylation sites (tertiary alicyclic amines) is 1. The van der Waals surface area contributed by atoms with E-state index in [0.29, 0.717) is 25.5 Å². The van der Waals surface area contributed by atoms with E-state index >= 15 is 0 Å². The molecule has 110 valence electrons. The molecule has 2 rings (SSSR count). The molecular weight excluding hydrogens is 252 g/mol. The number of anilines is 1. The van der Waals surface area contributed by atoms with Crippen molar-refractivity contribution >= 4 is 11.6 Å². The van der Waals surface area contributed by atoms with Crippen LogP contribution in [0.2, 0.25) is 0 Å². The largest absolute Gasteiger partial charge is 0.383 e. The maximum Gasteiger partial charge on any atom is 0.223 e. The molecule has 1 aromatic rings. The quantitative estimate of drug-likeness (QED) is 0.794. The third kappa shape index (κ3) is 3.73. The van der Waals surface area contributed by atoms with Crippen LogP contribution in [0.1, 0.15) is 12.0 Å². The van der Waals surface area contributed by atoms with Gasteiger partial charge in [-0.25, -0.2) is 0 Å². The monoisotopic (exact) mass is 276 g/mol. The summed E-state index contributed by atoms with van der Waals surface area (Å²) in [5.74, 6) is 0.696. The Hall–Kier alpha value is -1.55. The highest BCUT2D eigenvalue weighted by Crippen LogP contribution is 2.23. The van der Waals surface area contributed by atoms with Crippen LogP contribution in [-0.4, -0.2) is 51.7 Å². The van der Waals surface area contributed by atoms with Crippen LogP contribution in [0.15, 0.2) is 24.3 Å². The first-order valence-electron chi connectivity index (χ1n) is 7.13. The fourth-order valence-electron chi connectivity index (χ4n) is 2.67. The van der Waals surface area contributed by atoms with Crippen LogP contribution in [0, 0.1) is 5.92 Å². The van der Waals surface area contributed by atoms with Crippen LogP contribution in [0.25, 0.3) is 0 Å². The van der Waals surface area contributed by atoms with Crippen LogP contribution in [0.4, 0.5) is 5.69 Å². The predicted molar refractivity (Wildman–Crippen MR) is 81.0 cm³/mol. The van der Waals surface area contributed by atoms with Gasteiger partial charge in [-0.3, -0.25) is 4.79 Å². The van der Waals surface area contributed by atoms with Crippen molar-refractivity contribution in [2.45, 2.75) is 12.8 Å². The Balaban J connectivity index is 1.89. The van der Waals surface area contributed by atoms with E-state index in [2.05, 4.69) is 29.2 Å². The van der Waals surface area contributed by atoms with Gasteiger partial charge in [0.25, 0.3) is 0 Å². The summed E-state index contributed by atoms with van der Waals surface area (Å²) in [6, 6.07) is 8.60. The molecule has 1 aliphatic rings. The lowest BCUT2D eigenvalue weighted by atomic mass is 9.98. The number of hydrogen-bond acceptors (Lipinski definition) is 3. The zero-order valence-corrected chi connectivity index (χ0v) is 12.6. The first-order chi connectivity index (χ1) is 9.60. The maximum atomic E-state index is 11.9. The molecule has 4 nitrogen and oxygen atoms in total. The Bertz CT molecular complexity index is 442. The van der Waals surface area contributed by atoms with Crippen molar-refractivity contribution in [3.8, 4) is 0 Å². The maximum absolute atomic E-state index is 11.9. The number of carbonyl (C=O) groups is 1. The number of rotatable bonds is 6. The van der Waals surface area contributed by atoms with Gasteiger partial charge in [0.1, 0.15) is 0 Å². The Morgan fingerprint density at radius 2 is 2.00 bits per heavy atom. The fraction of sp³-hybridized carbons (Fsp3) is 0.562. The van der Waals surface area contributed by atoms with E-state index in [1.807, 2.05) is 19.0 Å². The molecule has 1 heterocycles. The van der Waals surface area contributed by atoms with Crippen molar-refractivity contribution in [1.82, 2.24) is 4.90 Å². The third-order valence-electron chi connectivity index (χ3n) is 3.84. The van der Waals surface area contributed by atoms with Gasteiger partial charge in [-0.15, -0.1) is 0 Å². The van der Waals surface area contributed by atoms with Gasteiger partial charge in [-0.05, 0) is 30.0 Å². The predicted octanol–water partition coefficient (Wildman–Crippen LogP) is 1.79. The summed E-state index contributed by atoms with van der Waals surface area (Å²) in [5, 5.41) is 0. The van der Waals surface area contributed by atoms with Gasteiger partial charge in [0.05, 0.1) is 6.61 Å². The van der Waals surface area contributed by atoms with E-state index < -0.39 is 0 Å². The average molecular weight is 276 g/mol. The first kappa shape index (κ1) is 14.9. The smallest absolute Gasteiger partial charge is 0.223 e. The highest BCUT2D eigenvalue weighted by molar-refractivity contribution is 5.78. The van der Waals surface area contributed by atoms with Gasteiger partial charge < -0.3 is 14.5 Å². The van der Waals surface area contributed by atoms with Crippen LogP contribution in [0.5, 0.6) is 0 Å². The molecule has 0 aliphatic carbocycles. The first-order valence-corrected chi connectivity index (χ1v) is 7.13. The summed E-state index contributed by atoms with van der Waals surface area (Å²) in [6.07, 6.45) is 1.64. The van der Waals surface area contributed by atoms with Crippen LogP contribution >= 0.6 is 0 Å². The Morgan fingerprint density at radius 3 is 2.60 bits per heavy atom. The molecule has 0 aromatic heterocycles. The number of methoxy groups -OCH3 is 1. The lowest BCUT2D eigenvalue weighted by Gasteiger charge is -2.16. The van der Waals surface area contributed by atoms with Crippen LogP contribution < -0.4 is 4.90 Å². The molecule has 1 fully saturated rings. The van der Waals surface area contributed by atoms with E-state index in [-0.39, 0.29) is 5.91 Å². The molecule has 0 spiro atoms. The summed E-state index contributed by atoms with van der Waals surface area (Å²) < 4.78 is 5.04. The number of nitrogens with zero attached hydrogens (tertiary/aromatic N) is 2. The SMILES string of the molecule is COCCN1C[C@@H](Cc2ccc(N(C)C)cc2)CC1=O. The van der Waals surface area contributed by atoms with Crippen molar-refractivity contribution in [2.24, 2.45) is 5.92 Å². The Labute approximate surface area is 121 Å². The zero-order valence-electron chi connectivity index (χ0n) is 12.6. The fourth-order valence-corrected chi connectivity index (χ4v) is 2.67. The molecule has 1 saturated heterocycles. The molecule has 4 heteroatoms. The number of hydrogen-bond donors (Lipinski definition) is 0. The summed E-state index contributed by atoms with van der Waals surface area (Å²) in [7, 11) is 5.75. The minimum atomic E-state index is 0.261. The van der Waals surface area contributed by atoms with Crippen molar-refractivity contribution in [1.29, 1.82) is 0 Å². The normalized spacial score (nSPS) is 18.6. The second kappa shape index (κ2) is 6.75. The van der Waals surface area contributed by atoms with Gasteiger partial charge in [0.2, 0.25) is 5.91 Å². The second-order valence-corrected chi connectivity index (χ2v) is 5.67. The molecule has 20 heavy (non-hydrogen) atoms. The molecular formula is C16H24N2O2. The number of ether oxygens (including phenoxy) is 1. The summed E-state index contributed by atoms with van der Waals surface area (Å²) in [6.45, 7) is 2.19. The lowest BCUT2D eigenvalue weighted by molar-refractivity contribution is -0.128. The molecule has 0 radical (unpaired) electrons. The molecule has 1 aliphatic heterocycles. The molecule has 0 bridgehead atoms. The molecule has 0 saturated carbocycles. The standard InChI is InChI=1S/C16H24N2O2/c1-17(2)15-6-4-13(5-7-15)10-14-11-16(19)18(12-14)8-9-20-3/h4-7,14H,8-12H2,1-3H3/t14-/m0/s1. The minimum absolute atomic E-state index is 0.261. The molecule has 1 aromatic carbocycles. The molecule has 0 N–H and O–H groups in total. The highest BCUT2D eigenvalue weighted by atomic mass is 16.5. The van der Waals surface area contributed by atoms with Crippen LogP contribution in [0.3, 0.4) is 0 Å². The van der Waals surface area contributed by atoms with E-state index in [0.717, 1.165) is 13.0 Å². The van der Waals surface area contributed by atoms with Gasteiger partial charge in [0.15, 0.2) is 0 Å². The number of benzene rings is 1. The Morgan fingerprint density at radius 1 is 1.30 bits per heavy atom. The lowest BCUT2D eigenvalue weighted by Crippen LogP contribution is -2.28. The van der Waals surface area contributed by atoms with E-state index in [1.54, 1.807) is 7.11 Å². The van der Waals surface area contributed by atoms with Crippen LogP contribution in [-0.2, 0) is 16.0 Å². The molecule has 0 unspecified atom stereocenters. The zero-order chi connectivity index (χ0) is 14.5. The summed E-state index contributed by atoms with van der Waals surface area (Å²) >= 11 is 0.